The number of benzene rings is 1. The van der Waals surface area contributed by atoms with E-state index in [4.69, 9.17) is 21.4 Å². The van der Waals surface area contributed by atoms with E-state index in [1.807, 2.05) is 0 Å². The molecule has 0 fully saturated rings. The molecule has 0 heterocycles. The summed E-state index contributed by atoms with van der Waals surface area (Å²) in [5.74, 6) is -0.924. The first kappa shape index (κ1) is 14.0. The Labute approximate surface area is 108 Å². The highest BCUT2D eigenvalue weighted by Gasteiger charge is 2.16. The quantitative estimate of drug-likeness (QED) is 0.505. The molecule has 0 aliphatic rings. The Hall–Kier alpha value is -2.08. The summed E-state index contributed by atoms with van der Waals surface area (Å²) in [4.78, 5) is 20.6. The molecule has 18 heavy (non-hydrogen) atoms. The maximum Gasteiger partial charge on any atom is 0.328 e. The highest BCUT2D eigenvalue weighted by molar-refractivity contribution is 6.32. The molecule has 6 nitrogen and oxygen atoms in total. The van der Waals surface area contributed by atoms with Gasteiger partial charge < -0.3 is 9.84 Å². The number of carboxylic acid groups (broad SMARTS) is 1. The molecule has 0 spiro atoms. The summed E-state index contributed by atoms with van der Waals surface area (Å²) >= 11 is 5.82. The molecular formula is C11H10ClNO5. The van der Waals surface area contributed by atoms with Crippen LogP contribution in [0.4, 0.5) is 5.69 Å². The van der Waals surface area contributed by atoms with E-state index in [0.29, 0.717) is 6.61 Å². The third kappa shape index (κ3) is 3.46. The third-order valence-electron chi connectivity index (χ3n) is 1.98. The van der Waals surface area contributed by atoms with Crippen molar-refractivity contribution in [2.75, 3.05) is 6.61 Å². The molecule has 96 valence electrons. The molecule has 0 amide bonds. The van der Waals surface area contributed by atoms with E-state index in [9.17, 15) is 14.9 Å². The minimum absolute atomic E-state index is 0.107. The molecule has 1 rings (SSSR count). The summed E-state index contributed by atoms with van der Waals surface area (Å²) < 4.78 is 5.18. The molecule has 0 bridgehead atoms. The lowest BCUT2D eigenvalue weighted by Gasteiger charge is -2.07. The van der Waals surface area contributed by atoms with Gasteiger partial charge >= 0.3 is 5.97 Å². The first-order valence-electron chi connectivity index (χ1n) is 4.97. The molecule has 1 aromatic rings. The molecule has 0 radical (unpaired) electrons. The molecule has 0 saturated carbocycles. The molecular weight excluding hydrogens is 262 g/mol. The van der Waals surface area contributed by atoms with E-state index in [1.54, 1.807) is 6.92 Å². The van der Waals surface area contributed by atoms with Crippen molar-refractivity contribution in [3.63, 3.8) is 0 Å². The molecule has 1 aromatic carbocycles. The van der Waals surface area contributed by atoms with Crippen LogP contribution in [0.25, 0.3) is 6.08 Å². The van der Waals surface area contributed by atoms with Gasteiger partial charge in [-0.05, 0) is 19.1 Å². The lowest BCUT2D eigenvalue weighted by molar-refractivity contribution is -0.385. The van der Waals surface area contributed by atoms with E-state index in [0.717, 1.165) is 18.2 Å². The van der Waals surface area contributed by atoms with Crippen molar-refractivity contribution in [1.29, 1.82) is 0 Å². The fraction of sp³-hybridized carbons (Fsp3) is 0.182. The summed E-state index contributed by atoms with van der Waals surface area (Å²) in [6, 6.07) is 2.47. The number of ether oxygens (including phenoxy) is 1. The fourth-order valence-corrected chi connectivity index (χ4v) is 1.49. The SMILES string of the molecule is CCOc1cc(/C=C/C(=O)O)c([N+](=O)[O-])cc1Cl. The number of rotatable bonds is 5. The number of nitro groups is 1. The van der Waals surface area contributed by atoms with Crippen LogP contribution in [-0.4, -0.2) is 22.6 Å². The second-order valence-corrected chi connectivity index (χ2v) is 3.61. The summed E-state index contributed by atoms with van der Waals surface area (Å²) in [5.41, 5.74) is -0.156. The van der Waals surface area contributed by atoms with Gasteiger partial charge in [-0.3, -0.25) is 10.1 Å². The maximum absolute atomic E-state index is 10.8. The van der Waals surface area contributed by atoms with Gasteiger partial charge in [-0.15, -0.1) is 0 Å². The number of carboxylic acids is 1. The maximum atomic E-state index is 10.8. The van der Waals surface area contributed by atoms with Crippen molar-refractivity contribution in [3.8, 4) is 5.75 Å². The summed E-state index contributed by atoms with van der Waals surface area (Å²) in [7, 11) is 0. The van der Waals surface area contributed by atoms with Gasteiger partial charge in [0.2, 0.25) is 0 Å². The number of nitrogens with zero attached hydrogens (tertiary/aromatic N) is 1. The van der Waals surface area contributed by atoms with Crippen LogP contribution in [-0.2, 0) is 4.79 Å². The van der Waals surface area contributed by atoms with Crippen molar-refractivity contribution in [2.24, 2.45) is 0 Å². The van der Waals surface area contributed by atoms with Crippen molar-refractivity contribution >= 4 is 29.3 Å². The van der Waals surface area contributed by atoms with E-state index in [-0.39, 0.29) is 22.0 Å². The molecule has 0 atom stereocenters. The van der Waals surface area contributed by atoms with Gasteiger partial charge in [0.25, 0.3) is 5.69 Å². The average Bonchev–Trinajstić information content (AvgIpc) is 2.29. The molecule has 7 heteroatoms. The predicted molar refractivity (Wildman–Crippen MR) is 65.9 cm³/mol. The van der Waals surface area contributed by atoms with E-state index in [2.05, 4.69) is 0 Å². The first-order chi connectivity index (χ1) is 8.45. The minimum atomic E-state index is -1.20. The first-order valence-corrected chi connectivity index (χ1v) is 5.35. The van der Waals surface area contributed by atoms with Crippen LogP contribution in [0.1, 0.15) is 12.5 Å². The van der Waals surface area contributed by atoms with Crippen LogP contribution in [0.2, 0.25) is 5.02 Å². The number of nitro benzene ring substituents is 1. The highest BCUT2D eigenvalue weighted by Crippen LogP contribution is 2.33. The van der Waals surface area contributed by atoms with Gasteiger partial charge in [0, 0.05) is 12.1 Å². The number of hydrogen-bond donors (Lipinski definition) is 1. The van der Waals surface area contributed by atoms with Gasteiger partial charge in [0.05, 0.1) is 22.1 Å². The molecule has 0 unspecified atom stereocenters. The Morgan fingerprint density at radius 2 is 2.28 bits per heavy atom. The van der Waals surface area contributed by atoms with Crippen molar-refractivity contribution in [3.05, 3.63) is 38.9 Å². The smallest absolute Gasteiger partial charge is 0.328 e. The number of hydrogen-bond acceptors (Lipinski definition) is 4. The van der Waals surface area contributed by atoms with Gasteiger partial charge in [-0.1, -0.05) is 11.6 Å². The van der Waals surface area contributed by atoms with Gasteiger partial charge in [0.15, 0.2) is 0 Å². The van der Waals surface area contributed by atoms with Crippen LogP contribution in [0, 0.1) is 10.1 Å². The Morgan fingerprint density at radius 1 is 1.61 bits per heavy atom. The average molecular weight is 272 g/mol. The second kappa shape index (κ2) is 6.02. The zero-order valence-corrected chi connectivity index (χ0v) is 10.2. The normalized spacial score (nSPS) is 10.6. The van der Waals surface area contributed by atoms with E-state index >= 15 is 0 Å². The Morgan fingerprint density at radius 3 is 2.78 bits per heavy atom. The van der Waals surface area contributed by atoms with E-state index in [1.165, 1.54) is 6.07 Å². The minimum Gasteiger partial charge on any atom is -0.492 e. The van der Waals surface area contributed by atoms with Crippen LogP contribution >= 0.6 is 11.6 Å². The Bertz CT molecular complexity index is 512. The number of carbonyl (C=O) groups is 1. The molecule has 0 saturated heterocycles. The van der Waals surface area contributed by atoms with Gasteiger partial charge in [-0.25, -0.2) is 4.79 Å². The zero-order valence-electron chi connectivity index (χ0n) is 9.42. The highest BCUT2D eigenvalue weighted by atomic mass is 35.5. The van der Waals surface area contributed by atoms with Crippen molar-refractivity contribution in [2.45, 2.75) is 6.92 Å². The molecule has 0 aliphatic carbocycles. The van der Waals surface area contributed by atoms with Crippen LogP contribution in [0.3, 0.4) is 0 Å². The molecule has 0 aromatic heterocycles. The fourth-order valence-electron chi connectivity index (χ4n) is 1.28. The summed E-state index contributed by atoms with van der Waals surface area (Å²) in [6.45, 7) is 2.09. The number of halogens is 1. The monoisotopic (exact) mass is 271 g/mol. The summed E-state index contributed by atoms with van der Waals surface area (Å²) in [6.07, 6.45) is 1.94. The third-order valence-corrected chi connectivity index (χ3v) is 2.28. The van der Waals surface area contributed by atoms with Crippen LogP contribution in [0.5, 0.6) is 5.75 Å². The van der Waals surface area contributed by atoms with Gasteiger partial charge in [-0.2, -0.15) is 0 Å². The Balaban J connectivity index is 3.30. The standard InChI is InChI=1S/C11H10ClNO5/c1-2-18-10-5-7(3-4-11(14)15)9(13(16)17)6-8(10)12/h3-6H,2H2,1H3,(H,14,15)/b4-3+. The van der Waals surface area contributed by atoms with Crippen LogP contribution in [0.15, 0.2) is 18.2 Å². The predicted octanol–water partition coefficient (Wildman–Crippen LogP) is 2.74. The Kier molecular flexibility index (Phi) is 4.67. The zero-order chi connectivity index (χ0) is 13.7. The topological polar surface area (TPSA) is 89.7 Å². The second-order valence-electron chi connectivity index (χ2n) is 3.20. The molecule has 0 aliphatic heterocycles. The summed E-state index contributed by atoms with van der Waals surface area (Å²) in [5, 5.41) is 19.4. The van der Waals surface area contributed by atoms with Gasteiger partial charge in [0.1, 0.15) is 5.75 Å². The largest absolute Gasteiger partial charge is 0.492 e. The number of aliphatic carboxylic acids is 1. The van der Waals surface area contributed by atoms with Crippen molar-refractivity contribution in [1.82, 2.24) is 0 Å². The van der Waals surface area contributed by atoms with Crippen LogP contribution < -0.4 is 4.74 Å². The lowest BCUT2D eigenvalue weighted by atomic mass is 10.1. The molecule has 1 N–H and O–H groups in total. The lowest BCUT2D eigenvalue weighted by Crippen LogP contribution is -1.97. The van der Waals surface area contributed by atoms with E-state index < -0.39 is 10.9 Å². The van der Waals surface area contributed by atoms with Crippen molar-refractivity contribution < 1.29 is 19.6 Å².